The molecule has 0 radical (unpaired) electrons. The smallest absolute Gasteiger partial charge is 0.277 e. The van der Waals surface area contributed by atoms with E-state index in [0.717, 1.165) is 0 Å². The summed E-state index contributed by atoms with van der Waals surface area (Å²) < 4.78 is 16.1. The summed E-state index contributed by atoms with van der Waals surface area (Å²) in [6.45, 7) is 0.309. The largest absolute Gasteiger partial charge is 0.338 e. The summed E-state index contributed by atoms with van der Waals surface area (Å²) in [4.78, 5) is 26.8. The Balaban J connectivity index is 1.72. The van der Waals surface area contributed by atoms with E-state index in [1.807, 2.05) is 0 Å². The maximum Gasteiger partial charge on any atom is 0.277 e. The van der Waals surface area contributed by atoms with Crippen LogP contribution < -0.4 is 5.56 Å². The predicted molar refractivity (Wildman–Crippen MR) is 101 cm³/mol. The predicted octanol–water partition coefficient (Wildman–Crippen LogP) is 3.04. The summed E-state index contributed by atoms with van der Waals surface area (Å²) in [5, 5.41) is 4.98. The van der Waals surface area contributed by atoms with Crippen LogP contribution in [0.1, 0.15) is 6.42 Å². The second-order valence-corrected chi connectivity index (χ2v) is 7.25. The second kappa shape index (κ2) is 6.98. The molecule has 4 rings (SSSR count). The van der Waals surface area contributed by atoms with Crippen molar-refractivity contribution in [3.05, 3.63) is 57.2 Å². The second-order valence-electron chi connectivity index (χ2n) is 6.44. The topological polar surface area (TPSA) is 59.6 Å². The van der Waals surface area contributed by atoms with Crippen LogP contribution >= 0.6 is 23.2 Å². The Morgan fingerprint density at radius 2 is 2.07 bits per heavy atom. The van der Waals surface area contributed by atoms with Crippen LogP contribution in [0.25, 0.3) is 16.6 Å². The van der Waals surface area contributed by atoms with Gasteiger partial charge in [-0.25, -0.2) is 8.91 Å². The minimum Gasteiger partial charge on any atom is -0.338 e. The molecule has 0 aliphatic carbocycles. The third-order valence-corrected chi connectivity index (χ3v) is 5.41. The van der Waals surface area contributed by atoms with Gasteiger partial charge in [-0.2, -0.15) is 5.10 Å². The van der Waals surface area contributed by atoms with Gasteiger partial charge < -0.3 is 9.47 Å². The number of benzene rings is 1. The summed E-state index contributed by atoms with van der Waals surface area (Å²) in [6, 6.07) is 5.06. The van der Waals surface area contributed by atoms with E-state index in [1.54, 1.807) is 30.6 Å². The van der Waals surface area contributed by atoms with Crippen molar-refractivity contribution in [1.29, 1.82) is 0 Å². The lowest BCUT2D eigenvalue weighted by Crippen LogP contribution is -2.35. The van der Waals surface area contributed by atoms with Gasteiger partial charge in [0, 0.05) is 24.5 Å². The minimum absolute atomic E-state index is 0.0804. The Labute approximate surface area is 163 Å². The molecular weight excluding hydrogens is 394 g/mol. The van der Waals surface area contributed by atoms with Crippen molar-refractivity contribution in [1.82, 2.24) is 19.1 Å². The van der Waals surface area contributed by atoms with Crippen LogP contribution in [0.2, 0.25) is 10.0 Å². The van der Waals surface area contributed by atoms with E-state index in [-0.39, 0.29) is 24.6 Å². The first-order valence-corrected chi connectivity index (χ1v) is 9.13. The molecule has 1 saturated heterocycles. The highest BCUT2D eigenvalue weighted by molar-refractivity contribution is 6.42. The Morgan fingerprint density at radius 3 is 2.78 bits per heavy atom. The monoisotopic (exact) mass is 408 g/mol. The Morgan fingerprint density at radius 1 is 1.26 bits per heavy atom. The van der Waals surface area contributed by atoms with Gasteiger partial charge in [0.05, 0.1) is 22.8 Å². The Bertz CT molecular complexity index is 1090. The average Bonchev–Trinajstić information content (AvgIpc) is 3.26. The molecule has 1 amide bonds. The fraction of sp³-hybridized carbons (Fsp3) is 0.278. The molecule has 1 aliphatic heterocycles. The van der Waals surface area contributed by atoms with Crippen molar-refractivity contribution in [2.24, 2.45) is 0 Å². The SMILES string of the molecule is O=C(Cn1ccn2ncc(-c3ccc(Cl)c(Cl)c3)c2c1=O)N1CCC(F)C1. The van der Waals surface area contributed by atoms with E-state index in [4.69, 9.17) is 23.2 Å². The number of carbonyl (C=O) groups is 1. The summed E-state index contributed by atoms with van der Waals surface area (Å²) in [6.07, 6.45) is 4.01. The summed E-state index contributed by atoms with van der Waals surface area (Å²) >= 11 is 12.0. The van der Waals surface area contributed by atoms with Crippen molar-refractivity contribution >= 4 is 34.6 Å². The molecule has 3 heterocycles. The molecule has 3 aromatic rings. The standard InChI is InChI=1S/C18H15Cl2FN4O2/c19-14-2-1-11(7-15(14)20)13-8-22-25-6-5-24(18(27)17(13)25)10-16(26)23-4-3-12(21)9-23/h1-2,5-8,12H,3-4,9-10H2. The van der Waals surface area contributed by atoms with Crippen molar-refractivity contribution < 1.29 is 9.18 Å². The van der Waals surface area contributed by atoms with Crippen molar-refractivity contribution in [2.75, 3.05) is 13.1 Å². The Hall–Kier alpha value is -2.38. The van der Waals surface area contributed by atoms with Gasteiger partial charge in [-0.1, -0.05) is 29.3 Å². The van der Waals surface area contributed by atoms with Crippen LogP contribution in [-0.4, -0.2) is 44.2 Å². The first kappa shape index (κ1) is 18.0. The van der Waals surface area contributed by atoms with Gasteiger partial charge in [-0.3, -0.25) is 9.59 Å². The van der Waals surface area contributed by atoms with Crippen LogP contribution in [0.15, 0.2) is 41.6 Å². The van der Waals surface area contributed by atoms with Crippen LogP contribution in [0, 0.1) is 0 Å². The maximum atomic E-state index is 13.3. The zero-order valence-electron chi connectivity index (χ0n) is 14.1. The van der Waals surface area contributed by atoms with Crippen molar-refractivity contribution in [3.63, 3.8) is 0 Å². The first-order valence-electron chi connectivity index (χ1n) is 8.38. The third kappa shape index (κ3) is 3.33. The number of alkyl halides is 1. The van der Waals surface area contributed by atoms with Gasteiger partial charge in [0.2, 0.25) is 5.91 Å². The minimum atomic E-state index is -0.996. The van der Waals surface area contributed by atoms with E-state index >= 15 is 0 Å². The number of halogens is 3. The number of hydrogen-bond donors (Lipinski definition) is 0. The lowest BCUT2D eigenvalue weighted by Gasteiger charge is -2.16. The number of rotatable bonds is 3. The van der Waals surface area contributed by atoms with E-state index in [1.165, 1.54) is 20.2 Å². The summed E-state index contributed by atoms with van der Waals surface area (Å²) in [5.41, 5.74) is 1.25. The molecule has 1 aromatic carbocycles. The molecule has 1 atom stereocenters. The van der Waals surface area contributed by atoms with E-state index < -0.39 is 6.17 Å². The molecule has 6 nitrogen and oxygen atoms in total. The lowest BCUT2D eigenvalue weighted by molar-refractivity contribution is -0.131. The number of carbonyl (C=O) groups excluding carboxylic acids is 1. The van der Waals surface area contributed by atoms with Crippen molar-refractivity contribution in [2.45, 2.75) is 19.1 Å². The van der Waals surface area contributed by atoms with Gasteiger partial charge in [0.15, 0.2) is 0 Å². The molecule has 27 heavy (non-hydrogen) atoms. The van der Waals surface area contributed by atoms with Crippen LogP contribution in [0.3, 0.4) is 0 Å². The van der Waals surface area contributed by atoms with Crippen LogP contribution in [-0.2, 0) is 11.3 Å². The molecular formula is C18H15Cl2FN4O2. The number of amides is 1. The van der Waals surface area contributed by atoms with Gasteiger partial charge in [-0.05, 0) is 24.1 Å². The lowest BCUT2D eigenvalue weighted by atomic mass is 10.1. The zero-order chi connectivity index (χ0) is 19.1. The van der Waals surface area contributed by atoms with E-state index in [9.17, 15) is 14.0 Å². The first-order chi connectivity index (χ1) is 12.9. The molecule has 140 valence electrons. The molecule has 9 heteroatoms. The van der Waals surface area contributed by atoms with E-state index in [2.05, 4.69) is 5.10 Å². The fourth-order valence-corrected chi connectivity index (χ4v) is 3.52. The molecule has 0 N–H and O–H groups in total. The molecule has 0 spiro atoms. The number of likely N-dealkylation sites (tertiary alicyclic amines) is 1. The van der Waals surface area contributed by atoms with Crippen molar-refractivity contribution in [3.8, 4) is 11.1 Å². The molecule has 1 aliphatic rings. The summed E-state index contributed by atoms with van der Waals surface area (Å²) in [5.74, 6) is -0.280. The number of aromatic nitrogens is 3. The van der Waals surface area contributed by atoms with Crippen LogP contribution in [0.4, 0.5) is 4.39 Å². The zero-order valence-corrected chi connectivity index (χ0v) is 15.6. The highest BCUT2D eigenvalue weighted by Gasteiger charge is 2.26. The van der Waals surface area contributed by atoms with Gasteiger partial charge in [-0.15, -0.1) is 0 Å². The Kier molecular flexibility index (Phi) is 4.65. The average molecular weight is 409 g/mol. The van der Waals surface area contributed by atoms with Crippen LogP contribution in [0.5, 0.6) is 0 Å². The molecule has 2 aromatic heterocycles. The quantitative estimate of drug-likeness (QED) is 0.668. The highest BCUT2D eigenvalue weighted by Crippen LogP contribution is 2.29. The van der Waals surface area contributed by atoms with E-state index in [0.29, 0.717) is 39.7 Å². The van der Waals surface area contributed by atoms with Gasteiger partial charge in [0.1, 0.15) is 18.2 Å². The third-order valence-electron chi connectivity index (χ3n) is 4.67. The highest BCUT2D eigenvalue weighted by atomic mass is 35.5. The molecule has 0 bridgehead atoms. The van der Waals surface area contributed by atoms with Gasteiger partial charge in [0.25, 0.3) is 5.56 Å². The maximum absolute atomic E-state index is 13.3. The number of fused-ring (bicyclic) bond motifs is 1. The number of nitrogens with zero attached hydrogens (tertiary/aromatic N) is 4. The molecule has 0 saturated carbocycles. The molecule has 1 fully saturated rings. The normalized spacial score (nSPS) is 17.0. The van der Waals surface area contributed by atoms with Gasteiger partial charge >= 0.3 is 0 Å². The molecule has 1 unspecified atom stereocenters. The summed E-state index contributed by atoms with van der Waals surface area (Å²) in [7, 11) is 0. The fourth-order valence-electron chi connectivity index (χ4n) is 3.23. The number of hydrogen-bond acceptors (Lipinski definition) is 3.